The Bertz CT molecular complexity index is 654. The van der Waals surface area contributed by atoms with E-state index in [1.165, 1.54) is 10.6 Å². The van der Waals surface area contributed by atoms with Crippen molar-refractivity contribution in [3.8, 4) is 0 Å². The molecule has 0 radical (unpaired) electrons. The zero-order valence-corrected chi connectivity index (χ0v) is 12.8. The average Bonchev–Trinajstić information content (AvgIpc) is 2.93. The van der Waals surface area contributed by atoms with E-state index >= 15 is 0 Å². The standard InChI is InChI=1S/C16H21N3O3/c1-17-8-4-6-16(15(17)22)7-10-19(12-16)14(21)11-18-9-3-2-5-13(18)20/h2-3,5,9H,4,6-8,10-12H2,1H3. The minimum absolute atomic E-state index is 0.0415. The van der Waals surface area contributed by atoms with Crippen molar-refractivity contribution in [2.45, 2.75) is 25.8 Å². The van der Waals surface area contributed by atoms with Crippen LogP contribution in [0.5, 0.6) is 0 Å². The van der Waals surface area contributed by atoms with Gasteiger partial charge in [0.25, 0.3) is 5.56 Å². The fourth-order valence-electron chi connectivity index (χ4n) is 3.57. The van der Waals surface area contributed by atoms with E-state index in [0.717, 1.165) is 25.8 Å². The molecule has 2 saturated heterocycles. The zero-order valence-electron chi connectivity index (χ0n) is 12.8. The Labute approximate surface area is 129 Å². The third-order valence-corrected chi connectivity index (χ3v) is 4.86. The van der Waals surface area contributed by atoms with Gasteiger partial charge in [-0.15, -0.1) is 0 Å². The zero-order chi connectivity index (χ0) is 15.7. The van der Waals surface area contributed by atoms with Gasteiger partial charge in [0, 0.05) is 38.9 Å². The molecule has 0 aliphatic carbocycles. The van der Waals surface area contributed by atoms with Gasteiger partial charge in [-0.1, -0.05) is 6.07 Å². The van der Waals surface area contributed by atoms with E-state index in [-0.39, 0.29) is 23.9 Å². The first-order valence-corrected chi connectivity index (χ1v) is 7.71. The highest BCUT2D eigenvalue weighted by Crippen LogP contribution is 2.39. The van der Waals surface area contributed by atoms with Gasteiger partial charge in [0.1, 0.15) is 6.54 Å². The molecule has 3 heterocycles. The van der Waals surface area contributed by atoms with Crippen LogP contribution in [0, 0.1) is 5.41 Å². The molecule has 6 nitrogen and oxygen atoms in total. The summed E-state index contributed by atoms with van der Waals surface area (Å²) in [6.45, 7) is 1.92. The highest BCUT2D eigenvalue weighted by Gasteiger charge is 2.48. The summed E-state index contributed by atoms with van der Waals surface area (Å²) in [5.74, 6) is 0.0668. The Morgan fingerprint density at radius 2 is 2.05 bits per heavy atom. The van der Waals surface area contributed by atoms with Crippen LogP contribution >= 0.6 is 0 Å². The summed E-state index contributed by atoms with van der Waals surface area (Å²) in [6.07, 6.45) is 4.19. The molecule has 118 valence electrons. The number of nitrogens with zero attached hydrogens (tertiary/aromatic N) is 3. The van der Waals surface area contributed by atoms with Crippen molar-refractivity contribution >= 4 is 11.8 Å². The van der Waals surface area contributed by atoms with Crippen molar-refractivity contribution in [2.24, 2.45) is 5.41 Å². The first kappa shape index (κ1) is 14.8. The van der Waals surface area contributed by atoms with Gasteiger partial charge in [-0.25, -0.2) is 0 Å². The summed E-state index contributed by atoms with van der Waals surface area (Å²) < 4.78 is 1.40. The second kappa shape index (κ2) is 5.59. The Hall–Kier alpha value is -2.11. The maximum absolute atomic E-state index is 12.5. The number of pyridine rings is 1. The number of aromatic nitrogens is 1. The van der Waals surface area contributed by atoms with E-state index in [1.54, 1.807) is 28.1 Å². The molecule has 1 unspecified atom stereocenters. The normalized spacial score (nSPS) is 25.0. The smallest absolute Gasteiger partial charge is 0.250 e. The predicted octanol–water partition coefficient (Wildman–Crippen LogP) is 0.319. The van der Waals surface area contributed by atoms with Gasteiger partial charge < -0.3 is 14.4 Å². The van der Waals surface area contributed by atoms with Crippen LogP contribution in [0.1, 0.15) is 19.3 Å². The number of carbonyl (C=O) groups is 2. The summed E-state index contributed by atoms with van der Waals surface area (Å²) in [4.78, 5) is 40.1. The highest BCUT2D eigenvalue weighted by atomic mass is 16.2. The maximum atomic E-state index is 12.5. The summed E-state index contributed by atoms with van der Waals surface area (Å²) in [5.41, 5.74) is -0.581. The molecule has 0 bridgehead atoms. The summed E-state index contributed by atoms with van der Waals surface area (Å²) in [7, 11) is 1.83. The molecule has 3 rings (SSSR count). The largest absolute Gasteiger partial charge is 0.345 e. The van der Waals surface area contributed by atoms with Crippen LogP contribution in [0.15, 0.2) is 29.2 Å². The molecular weight excluding hydrogens is 282 g/mol. The molecule has 2 aliphatic rings. The summed E-state index contributed by atoms with van der Waals surface area (Å²) >= 11 is 0. The van der Waals surface area contributed by atoms with Gasteiger partial charge in [-0.3, -0.25) is 14.4 Å². The van der Waals surface area contributed by atoms with Gasteiger partial charge in [-0.05, 0) is 25.3 Å². The van der Waals surface area contributed by atoms with Crippen LogP contribution < -0.4 is 5.56 Å². The molecule has 2 aliphatic heterocycles. The lowest BCUT2D eigenvalue weighted by atomic mass is 9.78. The van der Waals surface area contributed by atoms with Crippen molar-refractivity contribution in [1.29, 1.82) is 0 Å². The third kappa shape index (κ3) is 2.53. The van der Waals surface area contributed by atoms with Crippen LogP contribution in [-0.4, -0.2) is 52.9 Å². The molecular formula is C16H21N3O3. The molecule has 1 aromatic rings. The highest BCUT2D eigenvalue weighted by molar-refractivity contribution is 5.85. The van der Waals surface area contributed by atoms with Gasteiger partial charge >= 0.3 is 0 Å². The van der Waals surface area contributed by atoms with E-state index in [9.17, 15) is 14.4 Å². The molecule has 0 N–H and O–H groups in total. The number of likely N-dealkylation sites (tertiary alicyclic amines) is 2. The maximum Gasteiger partial charge on any atom is 0.250 e. The number of amides is 2. The second-order valence-electron chi connectivity index (χ2n) is 6.34. The first-order chi connectivity index (χ1) is 10.5. The number of piperidine rings is 1. The van der Waals surface area contributed by atoms with E-state index < -0.39 is 5.41 Å². The molecule has 1 spiro atoms. The monoisotopic (exact) mass is 303 g/mol. The van der Waals surface area contributed by atoms with Crippen molar-refractivity contribution in [3.05, 3.63) is 34.7 Å². The Morgan fingerprint density at radius 1 is 1.23 bits per heavy atom. The molecule has 0 saturated carbocycles. The number of hydrogen-bond acceptors (Lipinski definition) is 3. The van der Waals surface area contributed by atoms with Crippen LogP contribution in [0.3, 0.4) is 0 Å². The third-order valence-electron chi connectivity index (χ3n) is 4.86. The van der Waals surface area contributed by atoms with E-state index in [0.29, 0.717) is 13.1 Å². The lowest BCUT2D eigenvalue weighted by molar-refractivity contribution is -0.144. The summed E-state index contributed by atoms with van der Waals surface area (Å²) in [5, 5.41) is 0. The Morgan fingerprint density at radius 3 is 2.82 bits per heavy atom. The fourth-order valence-corrected chi connectivity index (χ4v) is 3.57. The first-order valence-electron chi connectivity index (χ1n) is 7.71. The topological polar surface area (TPSA) is 62.6 Å². The van der Waals surface area contributed by atoms with Gasteiger partial charge in [0.2, 0.25) is 11.8 Å². The van der Waals surface area contributed by atoms with Crippen LogP contribution in [-0.2, 0) is 16.1 Å². The fraction of sp³-hybridized carbons (Fsp3) is 0.562. The number of hydrogen-bond donors (Lipinski definition) is 0. The second-order valence-corrected chi connectivity index (χ2v) is 6.34. The van der Waals surface area contributed by atoms with Gasteiger partial charge in [0.15, 0.2) is 0 Å². The van der Waals surface area contributed by atoms with Gasteiger partial charge in [-0.2, -0.15) is 0 Å². The Kier molecular flexibility index (Phi) is 3.76. The lowest BCUT2D eigenvalue weighted by Crippen LogP contribution is -2.49. The Balaban J connectivity index is 1.70. The minimum Gasteiger partial charge on any atom is -0.345 e. The number of rotatable bonds is 2. The molecule has 1 atom stereocenters. The van der Waals surface area contributed by atoms with Crippen LogP contribution in [0.25, 0.3) is 0 Å². The van der Waals surface area contributed by atoms with Crippen molar-refractivity contribution in [3.63, 3.8) is 0 Å². The van der Waals surface area contributed by atoms with Crippen LogP contribution in [0.2, 0.25) is 0 Å². The van der Waals surface area contributed by atoms with Crippen molar-refractivity contribution in [1.82, 2.24) is 14.4 Å². The lowest BCUT2D eigenvalue weighted by Gasteiger charge is -2.37. The molecule has 2 fully saturated rings. The minimum atomic E-state index is -0.399. The molecule has 1 aromatic heterocycles. The molecule has 2 amide bonds. The van der Waals surface area contributed by atoms with Gasteiger partial charge in [0.05, 0.1) is 5.41 Å². The average molecular weight is 303 g/mol. The van der Waals surface area contributed by atoms with Crippen molar-refractivity contribution < 1.29 is 9.59 Å². The van der Waals surface area contributed by atoms with E-state index in [2.05, 4.69) is 0 Å². The van der Waals surface area contributed by atoms with E-state index in [1.807, 2.05) is 7.05 Å². The molecule has 22 heavy (non-hydrogen) atoms. The quantitative estimate of drug-likeness (QED) is 0.790. The SMILES string of the molecule is CN1CCCC2(CCN(C(=O)Cn3ccccc3=O)C2)C1=O. The van der Waals surface area contributed by atoms with E-state index in [4.69, 9.17) is 0 Å². The molecule has 6 heteroatoms. The van der Waals surface area contributed by atoms with Crippen LogP contribution in [0.4, 0.5) is 0 Å². The summed E-state index contributed by atoms with van der Waals surface area (Å²) in [6, 6.07) is 4.84. The predicted molar refractivity (Wildman–Crippen MR) is 81.2 cm³/mol. The molecule has 0 aromatic carbocycles. The van der Waals surface area contributed by atoms with Crippen molar-refractivity contribution in [2.75, 3.05) is 26.7 Å². The number of carbonyl (C=O) groups excluding carboxylic acids is 2.